The SMILES string of the molecule is C[C@H]1CCc2c(ccc(-c3cnn(C4CC4)c3)c2OCCF)N1. The minimum atomic E-state index is -0.478. The van der Waals surface area contributed by atoms with Gasteiger partial charge in [0.1, 0.15) is 19.0 Å². The van der Waals surface area contributed by atoms with Gasteiger partial charge in [0.05, 0.1) is 12.2 Å². The molecule has 5 heteroatoms. The molecule has 0 bridgehead atoms. The van der Waals surface area contributed by atoms with E-state index in [9.17, 15) is 4.39 Å². The van der Waals surface area contributed by atoms with Crippen LogP contribution in [0.2, 0.25) is 0 Å². The van der Waals surface area contributed by atoms with E-state index in [0.717, 1.165) is 41.0 Å². The van der Waals surface area contributed by atoms with E-state index >= 15 is 0 Å². The van der Waals surface area contributed by atoms with Crippen LogP contribution in [-0.4, -0.2) is 29.1 Å². The van der Waals surface area contributed by atoms with E-state index in [-0.39, 0.29) is 6.61 Å². The second-order valence-corrected chi connectivity index (χ2v) is 6.53. The number of ether oxygens (including phenoxy) is 1. The highest BCUT2D eigenvalue weighted by Gasteiger charge is 2.26. The fraction of sp³-hybridized carbons (Fsp3) is 0.500. The molecule has 0 radical (unpaired) electrons. The Morgan fingerprint density at radius 3 is 3.00 bits per heavy atom. The van der Waals surface area contributed by atoms with Crippen molar-refractivity contribution < 1.29 is 9.13 Å². The molecule has 1 aromatic carbocycles. The van der Waals surface area contributed by atoms with Crippen molar-refractivity contribution in [3.63, 3.8) is 0 Å². The van der Waals surface area contributed by atoms with Gasteiger partial charge in [-0.3, -0.25) is 4.68 Å². The predicted molar refractivity (Wildman–Crippen MR) is 88.8 cm³/mol. The molecular formula is C18H22FN3O. The van der Waals surface area contributed by atoms with Crippen molar-refractivity contribution in [2.45, 2.75) is 44.7 Å². The molecule has 2 heterocycles. The summed E-state index contributed by atoms with van der Waals surface area (Å²) in [6, 6.07) is 5.18. The van der Waals surface area contributed by atoms with E-state index in [1.165, 1.54) is 12.8 Å². The molecule has 2 aromatic rings. The fourth-order valence-electron chi connectivity index (χ4n) is 3.26. The summed E-state index contributed by atoms with van der Waals surface area (Å²) in [4.78, 5) is 0. The molecule has 1 fully saturated rings. The highest BCUT2D eigenvalue weighted by Crippen LogP contribution is 2.41. The average molecular weight is 315 g/mol. The second-order valence-electron chi connectivity index (χ2n) is 6.53. The lowest BCUT2D eigenvalue weighted by Crippen LogP contribution is -2.22. The zero-order valence-corrected chi connectivity index (χ0v) is 13.4. The third kappa shape index (κ3) is 2.80. The first kappa shape index (κ1) is 14.5. The summed E-state index contributed by atoms with van der Waals surface area (Å²) in [5, 5.41) is 7.97. The number of halogens is 1. The number of nitrogens with one attached hydrogen (secondary N) is 1. The minimum absolute atomic E-state index is 0.0930. The lowest BCUT2D eigenvalue weighted by Gasteiger charge is -2.27. The summed E-state index contributed by atoms with van der Waals surface area (Å²) in [5.41, 5.74) is 4.33. The summed E-state index contributed by atoms with van der Waals surface area (Å²) in [6.07, 6.45) is 8.40. The highest BCUT2D eigenvalue weighted by atomic mass is 19.1. The number of alkyl halides is 1. The zero-order valence-electron chi connectivity index (χ0n) is 13.4. The maximum Gasteiger partial charge on any atom is 0.132 e. The number of rotatable bonds is 5. The van der Waals surface area contributed by atoms with Gasteiger partial charge in [-0.25, -0.2) is 4.39 Å². The largest absolute Gasteiger partial charge is 0.490 e. The molecule has 4 rings (SSSR count). The minimum Gasteiger partial charge on any atom is -0.490 e. The van der Waals surface area contributed by atoms with Crippen LogP contribution in [0, 0.1) is 0 Å². The van der Waals surface area contributed by atoms with Gasteiger partial charge in [-0.15, -0.1) is 0 Å². The van der Waals surface area contributed by atoms with Crippen LogP contribution in [0.4, 0.5) is 10.1 Å². The third-order valence-electron chi connectivity index (χ3n) is 4.65. The number of nitrogens with zero attached hydrogens (tertiary/aromatic N) is 2. The molecule has 0 unspecified atom stereocenters. The van der Waals surface area contributed by atoms with E-state index in [4.69, 9.17) is 4.74 Å². The maximum absolute atomic E-state index is 12.7. The van der Waals surface area contributed by atoms with Crippen LogP contribution in [0.25, 0.3) is 11.1 Å². The molecule has 23 heavy (non-hydrogen) atoms. The molecule has 1 atom stereocenters. The Labute approximate surface area is 135 Å². The van der Waals surface area contributed by atoms with Gasteiger partial charge in [0.2, 0.25) is 0 Å². The molecule has 1 N–H and O–H groups in total. The van der Waals surface area contributed by atoms with Crippen LogP contribution >= 0.6 is 0 Å². The Morgan fingerprint density at radius 1 is 1.35 bits per heavy atom. The Hall–Kier alpha value is -2.04. The number of anilines is 1. The normalized spacial score (nSPS) is 20.0. The molecule has 1 aliphatic carbocycles. The predicted octanol–water partition coefficient (Wildman–Crippen LogP) is 3.98. The standard InChI is InChI=1S/C18H22FN3O/c1-12-2-5-16-17(21-12)7-6-15(18(16)23-9-8-19)13-10-20-22(11-13)14-3-4-14/h6-7,10-12,14,21H,2-5,8-9H2,1H3/t12-/m0/s1. The molecule has 0 spiro atoms. The van der Waals surface area contributed by atoms with Crippen LogP contribution in [0.15, 0.2) is 24.5 Å². The quantitative estimate of drug-likeness (QED) is 0.907. The van der Waals surface area contributed by atoms with Crippen molar-refractivity contribution in [3.8, 4) is 16.9 Å². The van der Waals surface area contributed by atoms with Gasteiger partial charge in [-0.1, -0.05) is 0 Å². The number of benzene rings is 1. The van der Waals surface area contributed by atoms with Crippen molar-refractivity contribution in [3.05, 3.63) is 30.1 Å². The van der Waals surface area contributed by atoms with Crippen LogP contribution in [0.3, 0.4) is 0 Å². The van der Waals surface area contributed by atoms with Crippen LogP contribution in [0.1, 0.15) is 37.8 Å². The summed E-state index contributed by atoms with van der Waals surface area (Å²) >= 11 is 0. The van der Waals surface area contributed by atoms with Crippen molar-refractivity contribution in [1.29, 1.82) is 0 Å². The molecular weight excluding hydrogens is 293 g/mol. The second kappa shape index (κ2) is 5.87. The number of hydrogen-bond donors (Lipinski definition) is 1. The van der Waals surface area contributed by atoms with E-state index in [2.05, 4.69) is 35.7 Å². The number of hydrogen-bond acceptors (Lipinski definition) is 3. The monoisotopic (exact) mass is 315 g/mol. The van der Waals surface area contributed by atoms with E-state index in [1.54, 1.807) is 0 Å². The zero-order chi connectivity index (χ0) is 15.8. The van der Waals surface area contributed by atoms with Crippen molar-refractivity contribution in [2.24, 2.45) is 0 Å². The molecule has 1 aromatic heterocycles. The maximum atomic E-state index is 12.7. The first-order valence-electron chi connectivity index (χ1n) is 8.42. The summed E-state index contributed by atoms with van der Waals surface area (Å²) in [6.45, 7) is 1.79. The first-order chi connectivity index (χ1) is 11.3. The van der Waals surface area contributed by atoms with Crippen LogP contribution in [-0.2, 0) is 6.42 Å². The van der Waals surface area contributed by atoms with Gasteiger partial charge >= 0.3 is 0 Å². The van der Waals surface area contributed by atoms with Crippen molar-refractivity contribution in [2.75, 3.05) is 18.6 Å². The average Bonchev–Trinajstić information content (AvgIpc) is 3.30. The highest BCUT2D eigenvalue weighted by molar-refractivity contribution is 5.77. The van der Waals surface area contributed by atoms with Gasteiger partial charge in [-0.2, -0.15) is 5.10 Å². The Balaban J connectivity index is 1.74. The number of fused-ring (bicyclic) bond motifs is 1. The van der Waals surface area contributed by atoms with Gasteiger partial charge in [0, 0.05) is 34.6 Å². The van der Waals surface area contributed by atoms with Crippen LogP contribution < -0.4 is 10.1 Å². The molecule has 4 nitrogen and oxygen atoms in total. The Morgan fingerprint density at radius 2 is 2.22 bits per heavy atom. The van der Waals surface area contributed by atoms with Crippen LogP contribution in [0.5, 0.6) is 5.75 Å². The molecule has 122 valence electrons. The van der Waals surface area contributed by atoms with E-state index in [1.807, 2.05) is 10.9 Å². The topological polar surface area (TPSA) is 39.1 Å². The Kier molecular flexibility index (Phi) is 3.71. The summed E-state index contributed by atoms with van der Waals surface area (Å²) in [7, 11) is 0. The van der Waals surface area contributed by atoms with E-state index < -0.39 is 6.67 Å². The van der Waals surface area contributed by atoms with Gasteiger partial charge in [0.25, 0.3) is 0 Å². The van der Waals surface area contributed by atoms with Gasteiger partial charge in [0.15, 0.2) is 0 Å². The fourth-order valence-corrected chi connectivity index (χ4v) is 3.26. The molecule has 1 saturated carbocycles. The molecule has 0 amide bonds. The first-order valence-corrected chi connectivity index (χ1v) is 8.42. The summed E-state index contributed by atoms with van der Waals surface area (Å²) in [5.74, 6) is 0.815. The van der Waals surface area contributed by atoms with E-state index in [0.29, 0.717) is 12.1 Å². The summed E-state index contributed by atoms with van der Waals surface area (Å²) < 4.78 is 20.5. The Bertz CT molecular complexity index is 708. The third-order valence-corrected chi connectivity index (χ3v) is 4.65. The smallest absolute Gasteiger partial charge is 0.132 e. The molecule has 2 aliphatic rings. The van der Waals surface area contributed by atoms with Gasteiger partial charge in [-0.05, 0) is 44.7 Å². The lowest BCUT2D eigenvalue weighted by atomic mass is 9.94. The molecule has 1 aliphatic heterocycles. The molecule has 0 saturated heterocycles. The van der Waals surface area contributed by atoms with Gasteiger partial charge < -0.3 is 10.1 Å². The van der Waals surface area contributed by atoms with Crippen molar-refractivity contribution >= 4 is 5.69 Å². The van der Waals surface area contributed by atoms with Crippen molar-refractivity contribution in [1.82, 2.24) is 9.78 Å². The number of aromatic nitrogens is 2. The lowest BCUT2D eigenvalue weighted by molar-refractivity contribution is 0.271.